The Kier molecular flexibility index (Phi) is 5.96. The molecule has 2 heteroatoms. The van der Waals surface area contributed by atoms with Crippen LogP contribution in [0.1, 0.15) is 39.0 Å². The van der Waals surface area contributed by atoms with Gasteiger partial charge in [-0.15, -0.1) is 0 Å². The molecule has 1 aliphatic rings. The Labute approximate surface area is 94.7 Å². The van der Waals surface area contributed by atoms with E-state index in [0.29, 0.717) is 0 Å². The van der Waals surface area contributed by atoms with Crippen LogP contribution in [0.5, 0.6) is 0 Å². The number of hydrogen-bond donors (Lipinski definition) is 1. The van der Waals surface area contributed by atoms with Gasteiger partial charge in [0.05, 0.1) is 0 Å². The highest BCUT2D eigenvalue weighted by atomic mass is 15.1. The van der Waals surface area contributed by atoms with Gasteiger partial charge in [-0.1, -0.05) is 18.6 Å². The van der Waals surface area contributed by atoms with E-state index in [0.717, 1.165) is 12.6 Å². The molecular weight excluding hydrogens is 184 g/mol. The van der Waals surface area contributed by atoms with Gasteiger partial charge >= 0.3 is 0 Å². The van der Waals surface area contributed by atoms with Gasteiger partial charge in [-0.05, 0) is 52.7 Å². The van der Waals surface area contributed by atoms with Crippen molar-refractivity contribution in [2.24, 2.45) is 0 Å². The summed E-state index contributed by atoms with van der Waals surface area (Å²) in [6, 6.07) is 0.871. The van der Waals surface area contributed by atoms with Gasteiger partial charge in [0.15, 0.2) is 0 Å². The fraction of sp³-hybridized carbons (Fsp3) is 0.846. The zero-order valence-corrected chi connectivity index (χ0v) is 10.4. The third-order valence-corrected chi connectivity index (χ3v) is 2.77. The number of rotatable bonds is 9. The number of hydrogen-bond acceptors (Lipinski definition) is 2. The molecule has 0 aromatic heterocycles. The van der Waals surface area contributed by atoms with Gasteiger partial charge in [-0.2, -0.15) is 0 Å². The number of nitrogens with zero attached hydrogens (tertiary/aromatic N) is 1. The van der Waals surface area contributed by atoms with Crippen LogP contribution >= 0.6 is 0 Å². The van der Waals surface area contributed by atoms with Crippen LogP contribution in [0.2, 0.25) is 0 Å². The second-order valence-electron chi connectivity index (χ2n) is 4.98. The van der Waals surface area contributed by atoms with Gasteiger partial charge in [0.25, 0.3) is 0 Å². The molecule has 2 nitrogen and oxygen atoms in total. The molecule has 0 aromatic carbocycles. The summed E-state index contributed by atoms with van der Waals surface area (Å²) in [5.41, 5.74) is 1.26. The first-order valence-corrected chi connectivity index (χ1v) is 6.25. The lowest BCUT2D eigenvalue weighted by Gasteiger charge is -2.16. The average Bonchev–Trinajstić information content (AvgIpc) is 2.93. The Morgan fingerprint density at radius 1 is 1.33 bits per heavy atom. The lowest BCUT2D eigenvalue weighted by Crippen LogP contribution is -2.22. The Hall–Kier alpha value is -0.340. The standard InChI is InChI=1S/C13H26N2/c1-12(2)11-15(3)10-6-4-5-9-14-13-7-8-13/h13-14H,1,4-11H2,2-3H3. The summed E-state index contributed by atoms with van der Waals surface area (Å²) < 4.78 is 0. The van der Waals surface area contributed by atoms with E-state index in [1.54, 1.807) is 0 Å². The molecule has 0 saturated heterocycles. The van der Waals surface area contributed by atoms with Crippen LogP contribution in [0.3, 0.4) is 0 Å². The van der Waals surface area contributed by atoms with Crippen LogP contribution < -0.4 is 5.32 Å². The molecule has 15 heavy (non-hydrogen) atoms. The van der Waals surface area contributed by atoms with Crippen LogP contribution in [-0.4, -0.2) is 37.6 Å². The highest BCUT2D eigenvalue weighted by Crippen LogP contribution is 2.18. The maximum atomic E-state index is 3.93. The van der Waals surface area contributed by atoms with Crippen LogP contribution in [0.4, 0.5) is 0 Å². The molecule has 1 rings (SSSR count). The number of unbranched alkanes of at least 4 members (excludes halogenated alkanes) is 2. The Bertz CT molecular complexity index is 185. The van der Waals surface area contributed by atoms with Crippen molar-refractivity contribution >= 4 is 0 Å². The third-order valence-electron chi connectivity index (χ3n) is 2.77. The van der Waals surface area contributed by atoms with Gasteiger partial charge in [0.1, 0.15) is 0 Å². The molecular formula is C13H26N2. The molecule has 0 unspecified atom stereocenters. The highest BCUT2D eigenvalue weighted by molar-refractivity contribution is 4.90. The van der Waals surface area contributed by atoms with Crippen LogP contribution in [0, 0.1) is 0 Å². The van der Waals surface area contributed by atoms with E-state index in [4.69, 9.17) is 0 Å². The monoisotopic (exact) mass is 210 g/mol. The Morgan fingerprint density at radius 3 is 2.67 bits per heavy atom. The second kappa shape index (κ2) is 7.02. The van der Waals surface area contributed by atoms with E-state index < -0.39 is 0 Å². The van der Waals surface area contributed by atoms with E-state index in [1.165, 1.54) is 50.8 Å². The summed E-state index contributed by atoms with van der Waals surface area (Å²) >= 11 is 0. The minimum atomic E-state index is 0.871. The van der Waals surface area contributed by atoms with Crippen molar-refractivity contribution in [1.29, 1.82) is 0 Å². The molecule has 0 spiro atoms. The van der Waals surface area contributed by atoms with Crippen LogP contribution in [0.15, 0.2) is 12.2 Å². The Morgan fingerprint density at radius 2 is 2.07 bits per heavy atom. The normalized spacial score (nSPS) is 15.9. The highest BCUT2D eigenvalue weighted by Gasteiger charge is 2.19. The van der Waals surface area contributed by atoms with Crippen LogP contribution in [0.25, 0.3) is 0 Å². The van der Waals surface area contributed by atoms with Gasteiger partial charge in [0.2, 0.25) is 0 Å². The smallest absolute Gasteiger partial charge is 0.0184 e. The minimum Gasteiger partial charge on any atom is -0.314 e. The molecule has 0 bridgehead atoms. The van der Waals surface area contributed by atoms with E-state index in [2.05, 4.69) is 30.8 Å². The van der Waals surface area contributed by atoms with Crippen molar-refractivity contribution in [2.75, 3.05) is 26.7 Å². The summed E-state index contributed by atoms with van der Waals surface area (Å²) in [4.78, 5) is 2.36. The summed E-state index contributed by atoms with van der Waals surface area (Å²) in [6.07, 6.45) is 6.80. The van der Waals surface area contributed by atoms with Crippen molar-refractivity contribution in [2.45, 2.75) is 45.1 Å². The molecule has 1 N–H and O–H groups in total. The van der Waals surface area contributed by atoms with Gasteiger partial charge in [-0.3, -0.25) is 0 Å². The zero-order valence-electron chi connectivity index (χ0n) is 10.4. The molecule has 0 heterocycles. The summed E-state index contributed by atoms with van der Waals surface area (Å²) in [6.45, 7) is 9.48. The van der Waals surface area contributed by atoms with Crippen LogP contribution in [-0.2, 0) is 0 Å². The Balaban J connectivity index is 1.80. The average molecular weight is 210 g/mol. The fourth-order valence-electron chi connectivity index (χ4n) is 1.82. The van der Waals surface area contributed by atoms with Gasteiger partial charge < -0.3 is 10.2 Å². The maximum Gasteiger partial charge on any atom is 0.0184 e. The minimum absolute atomic E-state index is 0.871. The molecule has 1 fully saturated rings. The lowest BCUT2D eigenvalue weighted by atomic mass is 10.2. The van der Waals surface area contributed by atoms with Crippen molar-refractivity contribution < 1.29 is 0 Å². The second-order valence-corrected chi connectivity index (χ2v) is 4.98. The molecule has 1 aliphatic carbocycles. The molecule has 88 valence electrons. The predicted octanol–water partition coefficient (Wildman–Crippen LogP) is 2.42. The van der Waals surface area contributed by atoms with E-state index in [9.17, 15) is 0 Å². The van der Waals surface area contributed by atoms with Gasteiger partial charge in [-0.25, -0.2) is 0 Å². The molecule has 0 atom stereocenters. The number of likely N-dealkylation sites (N-methyl/N-ethyl adjacent to an activating group) is 1. The van der Waals surface area contributed by atoms with E-state index in [1.807, 2.05) is 0 Å². The van der Waals surface area contributed by atoms with Crippen molar-refractivity contribution in [3.05, 3.63) is 12.2 Å². The van der Waals surface area contributed by atoms with Crippen molar-refractivity contribution in [3.63, 3.8) is 0 Å². The van der Waals surface area contributed by atoms with Crippen molar-refractivity contribution in [1.82, 2.24) is 10.2 Å². The molecule has 1 saturated carbocycles. The van der Waals surface area contributed by atoms with E-state index >= 15 is 0 Å². The predicted molar refractivity (Wildman–Crippen MR) is 67.2 cm³/mol. The van der Waals surface area contributed by atoms with E-state index in [-0.39, 0.29) is 0 Å². The SMILES string of the molecule is C=C(C)CN(C)CCCCCNC1CC1. The largest absolute Gasteiger partial charge is 0.314 e. The molecule has 0 aromatic rings. The summed E-state index contributed by atoms with van der Waals surface area (Å²) in [5, 5.41) is 3.55. The molecule has 0 aliphatic heterocycles. The quantitative estimate of drug-likeness (QED) is 0.464. The zero-order chi connectivity index (χ0) is 11.1. The molecule has 0 amide bonds. The van der Waals surface area contributed by atoms with Gasteiger partial charge in [0, 0.05) is 12.6 Å². The number of nitrogens with one attached hydrogen (secondary N) is 1. The summed E-state index contributed by atoms with van der Waals surface area (Å²) in [5.74, 6) is 0. The lowest BCUT2D eigenvalue weighted by molar-refractivity contribution is 0.350. The van der Waals surface area contributed by atoms with Crippen molar-refractivity contribution in [3.8, 4) is 0 Å². The topological polar surface area (TPSA) is 15.3 Å². The summed E-state index contributed by atoms with van der Waals surface area (Å²) in [7, 11) is 2.18. The third kappa shape index (κ3) is 7.57. The molecule has 0 radical (unpaired) electrons. The maximum absolute atomic E-state index is 3.93. The fourth-order valence-corrected chi connectivity index (χ4v) is 1.82. The first-order valence-electron chi connectivity index (χ1n) is 6.25. The first-order chi connectivity index (χ1) is 7.18. The first kappa shape index (κ1) is 12.7.